The first kappa shape index (κ1) is 19.1. The summed E-state index contributed by atoms with van der Waals surface area (Å²) in [6.45, 7) is 3.49. The first-order valence-electron chi connectivity index (χ1n) is 8.62. The predicted molar refractivity (Wildman–Crippen MR) is 98.8 cm³/mol. The number of piperidine rings is 1. The van der Waals surface area contributed by atoms with E-state index < -0.39 is 11.9 Å². The molecule has 1 aliphatic rings. The van der Waals surface area contributed by atoms with Crippen molar-refractivity contribution in [2.24, 2.45) is 0 Å². The Balaban J connectivity index is 1.64. The molecule has 2 aromatic rings. The standard InChI is InChI=1S/C17H20N6O3S/c1-10(17-19-7-12(8-24)27-17)22-15(25)13-6-14(21-9-20-13)16(26)23-11-2-4-18-5-3-11/h6-11,18H,2-5H2,1H3,(H,22,25)(H,23,26). The van der Waals surface area contributed by atoms with Crippen molar-refractivity contribution in [3.05, 3.63) is 39.9 Å². The SMILES string of the molecule is CC(NC(=O)c1cc(C(=O)NC2CCNCC2)ncn1)c1ncc(C=O)s1. The van der Waals surface area contributed by atoms with Crippen LogP contribution in [0.2, 0.25) is 0 Å². The Morgan fingerprint density at radius 1 is 1.22 bits per heavy atom. The van der Waals surface area contributed by atoms with Gasteiger partial charge in [0.2, 0.25) is 0 Å². The minimum absolute atomic E-state index is 0.0967. The molecule has 0 bridgehead atoms. The van der Waals surface area contributed by atoms with Crippen LogP contribution in [0.25, 0.3) is 0 Å². The Hall–Kier alpha value is -2.72. The molecule has 1 aliphatic heterocycles. The molecule has 1 unspecified atom stereocenters. The lowest BCUT2D eigenvalue weighted by Crippen LogP contribution is -2.43. The first-order valence-corrected chi connectivity index (χ1v) is 9.44. The number of nitrogens with zero attached hydrogens (tertiary/aromatic N) is 3. The van der Waals surface area contributed by atoms with E-state index in [9.17, 15) is 14.4 Å². The van der Waals surface area contributed by atoms with E-state index in [1.165, 1.54) is 29.9 Å². The molecule has 10 heteroatoms. The molecule has 2 amide bonds. The summed E-state index contributed by atoms with van der Waals surface area (Å²) in [5.74, 6) is -0.759. The van der Waals surface area contributed by atoms with Crippen molar-refractivity contribution in [1.82, 2.24) is 30.9 Å². The van der Waals surface area contributed by atoms with Crippen LogP contribution in [-0.2, 0) is 0 Å². The van der Waals surface area contributed by atoms with Gasteiger partial charge in [0.15, 0.2) is 6.29 Å². The van der Waals surface area contributed by atoms with Gasteiger partial charge in [0.05, 0.1) is 10.9 Å². The Bertz CT molecular complexity index is 834. The maximum absolute atomic E-state index is 12.4. The number of aldehydes is 1. The first-order chi connectivity index (χ1) is 13.1. The minimum Gasteiger partial charge on any atom is -0.348 e. The average molecular weight is 388 g/mol. The Morgan fingerprint density at radius 3 is 2.59 bits per heavy atom. The average Bonchev–Trinajstić information content (AvgIpc) is 3.18. The molecule has 3 N–H and O–H groups in total. The third-order valence-corrected chi connectivity index (χ3v) is 5.29. The molecular formula is C17H20N6O3S. The van der Waals surface area contributed by atoms with Crippen LogP contribution < -0.4 is 16.0 Å². The molecule has 0 radical (unpaired) electrons. The smallest absolute Gasteiger partial charge is 0.270 e. The summed E-state index contributed by atoms with van der Waals surface area (Å²) in [5, 5.41) is 9.54. The van der Waals surface area contributed by atoms with Gasteiger partial charge in [-0.05, 0) is 32.9 Å². The lowest BCUT2D eigenvalue weighted by Gasteiger charge is -2.23. The van der Waals surface area contributed by atoms with Crippen molar-refractivity contribution < 1.29 is 14.4 Å². The Kier molecular flexibility index (Phi) is 6.20. The monoisotopic (exact) mass is 388 g/mol. The molecule has 9 nitrogen and oxygen atoms in total. The molecule has 1 fully saturated rings. The number of aromatic nitrogens is 3. The van der Waals surface area contributed by atoms with Gasteiger partial charge >= 0.3 is 0 Å². The molecule has 0 aliphatic carbocycles. The van der Waals surface area contributed by atoms with Crippen LogP contribution in [0.3, 0.4) is 0 Å². The lowest BCUT2D eigenvalue weighted by molar-refractivity contribution is 0.0924. The maximum Gasteiger partial charge on any atom is 0.270 e. The van der Waals surface area contributed by atoms with E-state index in [0.29, 0.717) is 16.2 Å². The summed E-state index contributed by atoms with van der Waals surface area (Å²) in [6, 6.07) is 1.08. The molecule has 1 saturated heterocycles. The number of amides is 2. The van der Waals surface area contributed by atoms with Gasteiger partial charge in [-0.1, -0.05) is 0 Å². The summed E-state index contributed by atoms with van der Waals surface area (Å²) in [5.41, 5.74) is 0.248. The summed E-state index contributed by atoms with van der Waals surface area (Å²) in [4.78, 5) is 48.1. The van der Waals surface area contributed by atoms with Gasteiger partial charge in [-0.25, -0.2) is 15.0 Å². The molecule has 1 atom stereocenters. The molecule has 3 rings (SSSR count). The fourth-order valence-corrected chi connectivity index (χ4v) is 3.46. The van der Waals surface area contributed by atoms with Crippen molar-refractivity contribution in [1.29, 1.82) is 0 Å². The lowest BCUT2D eigenvalue weighted by atomic mass is 10.1. The minimum atomic E-state index is -0.441. The van der Waals surface area contributed by atoms with Crippen molar-refractivity contribution in [3.63, 3.8) is 0 Å². The molecule has 0 aromatic carbocycles. The fraction of sp³-hybridized carbons (Fsp3) is 0.412. The normalized spacial score (nSPS) is 15.7. The number of thiazole rings is 1. The number of nitrogens with one attached hydrogen (secondary N) is 3. The van der Waals surface area contributed by atoms with Crippen LogP contribution in [0.15, 0.2) is 18.6 Å². The van der Waals surface area contributed by atoms with Gasteiger partial charge in [0.1, 0.15) is 22.7 Å². The van der Waals surface area contributed by atoms with Crippen molar-refractivity contribution in [2.45, 2.75) is 31.8 Å². The van der Waals surface area contributed by atoms with Gasteiger partial charge in [-0.3, -0.25) is 14.4 Å². The summed E-state index contributed by atoms with van der Waals surface area (Å²) in [6.07, 6.45) is 5.10. The second kappa shape index (κ2) is 8.78. The van der Waals surface area contributed by atoms with E-state index in [2.05, 4.69) is 30.9 Å². The van der Waals surface area contributed by atoms with Gasteiger partial charge in [0, 0.05) is 18.3 Å². The Morgan fingerprint density at radius 2 is 1.93 bits per heavy atom. The Labute approximate surface area is 160 Å². The summed E-state index contributed by atoms with van der Waals surface area (Å²) < 4.78 is 0. The quantitative estimate of drug-likeness (QED) is 0.622. The topological polar surface area (TPSA) is 126 Å². The maximum atomic E-state index is 12.4. The number of carbonyl (C=O) groups is 3. The van der Waals surface area contributed by atoms with E-state index in [0.717, 1.165) is 25.9 Å². The predicted octanol–water partition coefficient (Wildman–Crippen LogP) is 0.718. The van der Waals surface area contributed by atoms with E-state index >= 15 is 0 Å². The second-order valence-corrected chi connectivity index (χ2v) is 7.29. The van der Waals surface area contributed by atoms with E-state index in [4.69, 9.17) is 0 Å². The zero-order valence-corrected chi connectivity index (χ0v) is 15.6. The molecule has 3 heterocycles. The number of carbonyl (C=O) groups excluding carboxylic acids is 3. The molecular weight excluding hydrogens is 368 g/mol. The highest BCUT2D eigenvalue weighted by Gasteiger charge is 2.20. The largest absolute Gasteiger partial charge is 0.348 e. The second-order valence-electron chi connectivity index (χ2n) is 6.20. The van der Waals surface area contributed by atoms with Crippen molar-refractivity contribution in [3.8, 4) is 0 Å². The number of rotatable bonds is 6. The molecule has 0 saturated carbocycles. The van der Waals surface area contributed by atoms with E-state index in [-0.39, 0.29) is 23.3 Å². The zero-order valence-electron chi connectivity index (χ0n) is 14.8. The third-order valence-electron chi connectivity index (χ3n) is 4.18. The van der Waals surface area contributed by atoms with Crippen LogP contribution in [-0.4, -0.2) is 52.2 Å². The van der Waals surface area contributed by atoms with Crippen molar-refractivity contribution >= 4 is 29.4 Å². The van der Waals surface area contributed by atoms with Gasteiger partial charge in [-0.15, -0.1) is 11.3 Å². The van der Waals surface area contributed by atoms with Gasteiger partial charge < -0.3 is 16.0 Å². The van der Waals surface area contributed by atoms with Crippen LogP contribution in [0.1, 0.15) is 61.5 Å². The molecule has 2 aromatic heterocycles. The molecule has 27 heavy (non-hydrogen) atoms. The number of hydrogen-bond acceptors (Lipinski definition) is 8. The highest BCUT2D eigenvalue weighted by molar-refractivity contribution is 7.13. The fourth-order valence-electron chi connectivity index (χ4n) is 2.72. The highest BCUT2D eigenvalue weighted by Crippen LogP contribution is 2.19. The molecule has 142 valence electrons. The van der Waals surface area contributed by atoms with Crippen LogP contribution >= 0.6 is 11.3 Å². The van der Waals surface area contributed by atoms with E-state index in [1.807, 2.05) is 0 Å². The van der Waals surface area contributed by atoms with Crippen LogP contribution in [0.4, 0.5) is 0 Å². The van der Waals surface area contributed by atoms with E-state index in [1.54, 1.807) is 6.92 Å². The van der Waals surface area contributed by atoms with Gasteiger partial charge in [-0.2, -0.15) is 0 Å². The van der Waals surface area contributed by atoms with Gasteiger partial charge in [0.25, 0.3) is 11.8 Å². The zero-order chi connectivity index (χ0) is 19.2. The molecule has 0 spiro atoms. The third kappa shape index (κ3) is 4.92. The summed E-state index contributed by atoms with van der Waals surface area (Å²) >= 11 is 1.21. The van der Waals surface area contributed by atoms with Crippen molar-refractivity contribution in [2.75, 3.05) is 13.1 Å². The van der Waals surface area contributed by atoms with Crippen LogP contribution in [0, 0.1) is 0 Å². The van der Waals surface area contributed by atoms with Crippen LogP contribution in [0.5, 0.6) is 0 Å². The highest BCUT2D eigenvalue weighted by atomic mass is 32.1. The summed E-state index contributed by atoms with van der Waals surface area (Å²) in [7, 11) is 0. The number of hydrogen-bond donors (Lipinski definition) is 3.